The molecule has 1 N–H and O–H groups in total. The second kappa shape index (κ2) is 6.87. The van der Waals surface area contributed by atoms with E-state index in [1.165, 1.54) is 37.9 Å². The highest BCUT2D eigenvalue weighted by molar-refractivity contribution is 9.10. The summed E-state index contributed by atoms with van der Waals surface area (Å²) in [5, 5.41) is 12.7. The molecule has 0 spiro atoms. The molecule has 134 valence electrons. The normalized spacial score (nSPS) is 14.2. The number of nitrogens with one attached hydrogen (secondary N) is 1. The first-order valence-corrected chi connectivity index (χ1v) is 9.92. The highest BCUT2D eigenvalue weighted by atomic mass is 79.9. The molecule has 0 bridgehead atoms. The van der Waals surface area contributed by atoms with E-state index in [9.17, 15) is 0 Å². The molecular weight excluding hydrogens is 400 g/mol. The van der Waals surface area contributed by atoms with Crippen LogP contribution < -0.4 is 5.32 Å². The van der Waals surface area contributed by atoms with Crippen molar-refractivity contribution >= 4 is 48.2 Å². The minimum Gasteiger partial charge on any atom is -0.388 e. The Morgan fingerprint density at radius 1 is 0.889 bits per heavy atom. The summed E-state index contributed by atoms with van der Waals surface area (Å²) in [7, 11) is 0. The average molecular weight is 419 g/mol. The van der Waals surface area contributed by atoms with Gasteiger partial charge in [0.15, 0.2) is 0 Å². The molecule has 4 aromatic carbocycles. The Morgan fingerprint density at radius 2 is 1.70 bits per heavy atom. The van der Waals surface area contributed by atoms with Gasteiger partial charge >= 0.3 is 0 Å². The van der Waals surface area contributed by atoms with Gasteiger partial charge in [0.25, 0.3) is 0 Å². The van der Waals surface area contributed by atoms with Crippen LogP contribution in [0.15, 0.2) is 77.5 Å². The van der Waals surface area contributed by atoms with Gasteiger partial charge in [-0.3, -0.25) is 9.90 Å². The van der Waals surface area contributed by atoms with Crippen LogP contribution in [0.4, 0.5) is 0 Å². The zero-order valence-electron chi connectivity index (χ0n) is 14.8. The highest BCUT2D eigenvalue weighted by Gasteiger charge is 2.13. The molecule has 5 rings (SSSR count). The molecule has 0 aromatic heterocycles. The third-order valence-corrected chi connectivity index (χ3v) is 5.91. The lowest BCUT2D eigenvalue weighted by molar-refractivity contribution is -0.133. The third-order valence-electron chi connectivity index (χ3n) is 5.17. The van der Waals surface area contributed by atoms with Crippen LogP contribution in [0, 0.1) is 0 Å². The minimum absolute atomic E-state index is 0.522. The van der Waals surface area contributed by atoms with Gasteiger partial charge < -0.3 is 5.32 Å². The predicted octanol–water partition coefficient (Wildman–Crippen LogP) is 5.72. The largest absolute Gasteiger partial charge is 0.388 e. The number of halogens is 1. The monoisotopic (exact) mass is 418 g/mol. The molecule has 0 aliphatic carbocycles. The number of hydroxylamine groups is 2. The summed E-state index contributed by atoms with van der Waals surface area (Å²) in [6.45, 7) is 2.25. The van der Waals surface area contributed by atoms with Crippen LogP contribution in [0.2, 0.25) is 0 Å². The van der Waals surface area contributed by atoms with E-state index in [4.69, 9.17) is 4.84 Å². The number of rotatable bonds is 3. The predicted molar refractivity (Wildman–Crippen MR) is 115 cm³/mol. The molecular formula is C23H19BrN2O. The van der Waals surface area contributed by atoms with Gasteiger partial charge in [-0.15, -0.1) is 0 Å². The summed E-state index contributed by atoms with van der Waals surface area (Å²) in [5.74, 6) is 0. The van der Waals surface area contributed by atoms with E-state index in [0.717, 1.165) is 17.6 Å². The van der Waals surface area contributed by atoms with Crippen molar-refractivity contribution in [3.8, 4) is 0 Å². The Bertz CT molecular complexity index is 1190. The molecule has 0 radical (unpaired) electrons. The Kier molecular flexibility index (Phi) is 4.23. The topological polar surface area (TPSA) is 24.5 Å². The molecule has 1 aliphatic rings. The van der Waals surface area contributed by atoms with Gasteiger partial charge in [0.05, 0.1) is 6.54 Å². The lowest BCUT2D eigenvalue weighted by atomic mass is 9.94. The van der Waals surface area contributed by atoms with Crippen molar-refractivity contribution in [3.63, 3.8) is 0 Å². The fourth-order valence-corrected chi connectivity index (χ4v) is 4.27. The van der Waals surface area contributed by atoms with Crippen molar-refractivity contribution in [2.24, 2.45) is 0 Å². The summed E-state index contributed by atoms with van der Waals surface area (Å²) >= 11 is 3.75. The van der Waals surface area contributed by atoms with Crippen LogP contribution in [0.1, 0.15) is 5.56 Å². The Hall–Kier alpha value is -2.56. The summed E-state index contributed by atoms with van der Waals surface area (Å²) in [5.41, 5.74) is 1.18. The van der Waals surface area contributed by atoms with Crippen LogP contribution in [-0.4, -0.2) is 18.2 Å². The Balaban J connectivity index is 1.70. The van der Waals surface area contributed by atoms with Gasteiger partial charge in [0, 0.05) is 29.0 Å². The first-order chi connectivity index (χ1) is 13.3. The second-order valence-electron chi connectivity index (χ2n) is 6.76. The lowest BCUT2D eigenvalue weighted by Gasteiger charge is -2.24. The summed E-state index contributed by atoms with van der Waals surface area (Å²) in [6, 6.07) is 21.7. The lowest BCUT2D eigenvalue weighted by Crippen LogP contribution is -2.31. The summed E-state index contributed by atoms with van der Waals surface area (Å²) < 4.78 is 1.08. The maximum atomic E-state index is 6.07. The Morgan fingerprint density at radius 3 is 2.59 bits per heavy atom. The second-order valence-corrected chi connectivity index (χ2v) is 7.61. The van der Waals surface area contributed by atoms with E-state index < -0.39 is 0 Å². The maximum absolute atomic E-state index is 6.07. The van der Waals surface area contributed by atoms with Crippen LogP contribution >= 0.6 is 15.9 Å². The number of nitrogens with zero attached hydrogens (tertiary/aromatic N) is 1. The van der Waals surface area contributed by atoms with Crippen molar-refractivity contribution in [2.75, 3.05) is 13.1 Å². The summed E-state index contributed by atoms with van der Waals surface area (Å²) in [6.07, 6.45) is 3.86. The van der Waals surface area contributed by atoms with Crippen LogP contribution in [0.25, 0.3) is 32.3 Å². The van der Waals surface area contributed by atoms with Gasteiger partial charge in [-0.2, -0.15) is 0 Å². The van der Waals surface area contributed by atoms with Crippen molar-refractivity contribution < 1.29 is 4.84 Å². The zero-order valence-corrected chi connectivity index (χ0v) is 16.4. The number of benzene rings is 4. The van der Waals surface area contributed by atoms with Gasteiger partial charge in [-0.05, 0) is 38.4 Å². The van der Waals surface area contributed by atoms with Crippen LogP contribution in [0.5, 0.6) is 0 Å². The van der Waals surface area contributed by atoms with Crippen molar-refractivity contribution in [2.45, 2.75) is 6.61 Å². The standard InChI is InChI=1S/C23H19BrN2O/c24-22-10-7-17-6-8-19-18-4-2-1-3-16(18)5-9-20(19)23(17)21(22)15-27-26-13-11-25-12-14-26/h1-11,13,25H,12,14-15H2. The molecule has 0 saturated carbocycles. The molecule has 1 heterocycles. The minimum atomic E-state index is 0.522. The van der Waals surface area contributed by atoms with Gasteiger partial charge in [-0.1, -0.05) is 70.5 Å². The first-order valence-electron chi connectivity index (χ1n) is 9.12. The molecule has 3 nitrogen and oxygen atoms in total. The van der Waals surface area contributed by atoms with E-state index in [1.807, 2.05) is 17.5 Å². The molecule has 4 aromatic rings. The van der Waals surface area contributed by atoms with Crippen molar-refractivity contribution in [3.05, 3.63) is 83.1 Å². The molecule has 0 amide bonds. The molecule has 4 heteroatoms. The SMILES string of the molecule is Brc1ccc2ccc3c4ccccc4ccc3c2c1CON1C=CNCC1. The summed E-state index contributed by atoms with van der Waals surface area (Å²) in [4.78, 5) is 6.07. The highest BCUT2D eigenvalue weighted by Crippen LogP contribution is 2.36. The molecule has 27 heavy (non-hydrogen) atoms. The molecule has 0 fully saturated rings. The molecule has 0 atom stereocenters. The fraction of sp³-hybridized carbons (Fsp3) is 0.130. The van der Waals surface area contributed by atoms with E-state index in [-0.39, 0.29) is 0 Å². The van der Waals surface area contributed by atoms with Gasteiger partial charge in [0.2, 0.25) is 0 Å². The van der Waals surface area contributed by atoms with Crippen LogP contribution in [-0.2, 0) is 11.4 Å². The third kappa shape index (κ3) is 2.95. The molecule has 0 saturated heterocycles. The van der Waals surface area contributed by atoms with E-state index in [1.54, 1.807) is 0 Å². The fourth-order valence-electron chi connectivity index (χ4n) is 3.83. The first kappa shape index (κ1) is 16.6. The number of hydrogen-bond acceptors (Lipinski definition) is 3. The number of fused-ring (bicyclic) bond motifs is 5. The van der Waals surface area contributed by atoms with Crippen LogP contribution in [0.3, 0.4) is 0 Å². The zero-order chi connectivity index (χ0) is 18.2. The van der Waals surface area contributed by atoms with E-state index in [0.29, 0.717) is 6.61 Å². The molecule has 1 aliphatic heterocycles. The van der Waals surface area contributed by atoms with Gasteiger partial charge in [-0.25, -0.2) is 0 Å². The van der Waals surface area contributed by atoms with Crippen molar-refractivity contribution in [1.82, 2.24) is 10.4 Å². The van der Waals surface area contributed by atoms with E-state index >= 15 is 0 Å². The van der Waals surface area contributed by atoms with Crippen molar-refractivity contribution in [1.29, 1.82) is 0 Å². The maximum Gasteiger partial charge on any atom is 0.102 e. The molecule has 0 unspecified atom stereocenters. The van der Waals surface area contributed by atoms with Gasteiger partial charge in [0.1, 0.15) is 6.61 Å². The Labute approximate surface area is 166 Å². The number of hydrogen-bond donors (Lipinski definition) is 1. The smallest absolute Gasteiger partial charge is 0.102 e. The average Bonchev–Trinajstić information content (AvgIpc) is 2.73. The van der Waals surface area contributed by atoms with E-state index in [2.05, 4.69) is 81.9 Å². The quantitative estimate of drug-likeness (QED) is 0.430.